The van der Waals surface area contributed by atoms with Crippen LogP contribution in [0, 0.1) is 0 Å². The molecule has 3 N–H and O–H groups in total. The molecule has 7 heteroatoms. The van der Waals surface area contributed by atoms with Gasteiger partial charge in [0, 0.05) is 27.3 Å². The first-order valence-corrected chi connectivity index (χ1v) is 2.11. The van der Waals surface area contributed by atoms with E-state index in [1.54, 1.807) is 15.0 Å². The Labute approximate surface area is 73.9 Å². The molecule has 0 spiro atoms. The number of aromatic amines is 3. The molecule has 10 heavy (non-hydrogen) atoms. The van der Waals surface area contributed by atoms with E-state index in [1.165, 1.54) is 0 Å². The summed E-state index contributed by atoms with van der Waals surface area (Å²) in [6.45, 7) is 0. The molecule has 0 saturated heterocycles. The van der Waals surface area contributed by atoms with Crippen LogP contribution < -0.4 is 17.1 Å². The monoisotopic (exact) mass is 334 g/mol. The molecule has 1 radical (unpaired) electrons. The van der Waals surface area contributed by atoms with Gasteiger partial charge in [0.2, 0.25) is 0 Å². The van der Waals surface area contributed by atoms with Crippen molar-refractivity contribution in [3.05, 3.63) is 31.5 Å². The van der Waals surface area contributed by atoms with Crippen molar-refractivity contribution >= 4 is 27.3 Å². The summed E-state index contributed by atoms with van der Waals surface area (Å²) in [5, 5.41) is 0. The second kappa shape index (κ2) is 3.49. The maximum Gasteiger partial charge on any atom is 0.330 e. The van der Waals surface area contributed by atoms with Crippen molar-refractivity contribution in [2.45, 2.75) is 0 Å². The van der Waals surface area contributed by atoms with Gasteiger partial charge in [-0.3, -0.25) is 15.0 Å². The first-order chi connectivity index (χ1) is 4.18. The molecule has 51 valence electrons. The molecule has 0 saturated carbocycles. The van der Waals surface area contributed by atoms with E-state index in [1.807, 2.05) is 0 Å². The Balaban J connectivity index is 0.000000810. The van der Waals surface area contributed by atoms with Crippen molar-refractivity contribution in [2.75, 3.05) is 0 Å². The van der Waals surface area contributed by atoms with Gasteiger partial charge in [-0.25, -0.2) is 14.4 Å². The van der Waals surface area contributed by atoms with Crippen molar-refractivity contribution in [1.29, 1.82) is 0 Å². The molecule has 0 unspecified atom stereocenters. The number of aromatic nitrogens is 3. The molecule has 6 nitrogen and oxygen atoms in total. The molecule has 1 aromatic heterocycles. The van der Waals surface area contributed by atoms with Gasteiger partial charge >= 0.3 is 17.1 Å². The molecule has 1 heterocycles. The number of hydrogen-bond acceptors (Lipinski definition) is 3. The molecule has 0 amide bonds. The maximum absolute atomic E-state index is 10.2. The first kappa shape index (κ1) is 9.33. The zero-order valence-electron chi connectivity index (χ0n) is 4.80. The fourth-order valence-corrected chi connectivity index (χ4v) is 0.403. The third-order valence-electron chi connectivity index (χ3n) is 0.681. The number of rotatable bonds is 0. The topological polar surface area (TPSA) is 98.6 Å². The van der Waals surface area contributed by atoms with E-state index in [-0.39, 0.29) is 27.3 Å². The molecule has 1 aromatic rings. The van der Waals surface area contributed by atoms with E-state index in [0.29, 0.717) is 0 Å². The summed E-state index contributed by atoms with van der Waals surface area (Å²) in [5.74, 6) is 0. The average molecular weight is 333 g/mol. The normalized spacial score (nSPS) is 8.40. The minimum absolute atomic E-state index is 0. The van der Waals surface area contributed by atoms with E-state index in [2.05, 4.69) is 0 Å². The summed E-state index contributed by atoms with van der Waals surface area (Å²) in [7, 11) is 0. The average Bonchev–Trinajstić information content (AvgIpc) is 1.59. The van der Waals surface area contributed by atoms with Crippen LogP contribution in [0.1, 0.15) is 0 Å². The number of H-pyrrole nitrogens is 3. The molecule has 0 aliphatic carbocycles. The van der Waals surface area contributed by atoms with Crippen molar-refractivity contribution in [3.8, 4) is 0 Å². The third kappa shape index (κ3) is 2.29. The summed E-state index contributed by atoms with van der Waals surface area (Å²) in [4.78, 5) is 35.9. The van der Waals surface area contributed by atoms with Gasteiger partial charge in [0.1, 0.15) is 0 Å². The Morgan fingerprint density at radius 3 is 1.10 bits per heavy atom. The van der Waals surface area contributed by atoms with Crippen molar-refractivity contribution in [1.82, 2.24) is 15.0 Å². The SMILES string of the molecule is O=c1[nH]c(=O)[nH]c(=O)[nH]1.[Tl]. The first-order valence-electron chi connectivity index (χ1n) is 2.11. The fourth-order valence-electron chi connectivity index (χ4n) is 0.403. The predicted octanol–water partition coefficient (Wildman–Crippen LogP) is -2.63. The van der Waals surface area contributed by atoms with Crippen LogP contribution >= 0.6 is 0 Å². The number of nitrogens with one attached hydrogen (secondary N) is 3. The summed E-state index contributed by atoms with van der Waals surface area (Å²) >= 11 is 0. The van der Waals surface area contributed by atoms with Crippen LogP contribution in [-0.2, 0) is 0 Å². The number of hydrogen-bond donors (Lipinski definition) is 3. The fraction of sp³-hybridized carbons (Fsp3) is 0. The maximum atomic E-state index is 10.2. The van der Waals surface area contributed by atoms with E-state index < -0.39 is 17.1 Å². The molecule has 0 aliphatic heterocycles. The van der Waals surface area contributed by atoms with Crippen molar-refractivity contribution in [3.63, 3.8) is 0 Å². The Hall–Kier alpha value is -0.668. The summed E-state index contributed by atoms with van der Waals surface area (Å²) in [6.07, 6.45) is 0. The Morgan fingerprint density at radius 1 is 0.700 bits per heavy atom. The van der Waals surface area contributed by atoms with Gasteiger partial charge in [-0.1, -0.05) is 0 Å². The van der Waals surface area contributed by atoms with E-state index in [4.69, 9.17) is 0 Å². The standard InChI is InChI=1S/C3H3N3O3.Tl/c7-1-4-2(8)6-3(9)5-1;/h(H3,4,5,6,7,8,9);. The largest absolute Gasteiger partial charge is 0.330 e. The Kier molecular flexibility index (Phi) is 3.26. The Bertz CT molecular complexity index is 281. The summed E-state index contributed by atoms with van der Waals surface area (Å²) in [6, 6.07) is 0. The molecule has 1 rings (SSSR count). The van der Waals surface area contributed by atoms with E-state index in [9.17, 15) is 14.4 Å². The Morgan fingerprint density at radius 2 is 0.900 bits per heavy atom. The molecule has 0 fully saturated rings. The zero-order valence-corrected chi connectivity index (χ0v) is 9.29. The molecule has 0 aromatic carbocycles. The van der Waals surface area contributed by atoms with Crippen LogP contribution in [0.2, 0.25) is 0 Å². The van der Waals surface area contributed by atoms with Gasteiger partial charge in [0.15, 0.2) is 0 Å². The van der Waals surface area contributed by atoms with Crippen LogP contribution in [-0.4, -0.2) is 42.3 Å². The van der Waals surface area contributed by atoms with Gasteiger partial charge in [0.25, 0.3) is 0 Å². The van der Waals surface area contributed by atoms with Gasteiger partial charge in [-0.2, -0.15) is 0 Å². The van der Waals surface area contributed by atoms with E-state index in [0.717, 1.165) is 0 Å². The minimum atomic E-state index is -0.802. The minimum Gasteiger partial charge on any atom is -0.259 e. The van der Waals surface area contributed by atoms with Gasteiger partial charge in [-0.05, 0) is 0 Å². The summed E-state index contributed by atoms with van der Waals surface area (Å²) < 4.78 is 0. The predicted molar refractivity (Wildman–Crippen MR) is 34.1 cm³/mol. The molecule has 0 bridgehead atoms. The molecular formula is C3H3N3O3Tl. The van der Waals surface area contributed by atoms with Crippen molar-refractivity contribution in [2.24, 2.45) is 0 Å². The van der Waals surface area contributed by atoms with Gasteiger partial charge in [0.05, 0.1) is 0 Å². The van der Waals surface area contributed by atoms with E-state index >= 15 is 0 Å². The van der Waals surface area contributed by atoms with Crippen LogP contribution in [0.5, 0.6) is 0 Å². The van der Waals surface area contributed by atoms with Crippen LogP contribution in [0.4, 0.5) is 0 Å². The second-order valence-corrected chi connectivity index (χ2v) is 1.36. The van der Waals surface area contributed by atoms with Crippen molar-refractivity contribution < 1.29 is 0 Å². The summed E-state index contributed by atoms with van der Waals surface area (Å²) in [5.41, 5.74) is -2.41. The van der Waals surface area contributed by atoms with Gasteiger partial charge in [-0.15, -0.1) is 0 Å². The van der Waals surface area contributed by atoms with Gasteiger partial charge < -0.3 is 0 Å². The molecule has 0 aliphatic rings. The smallest absolute Gasteiger partial charge is 0.259 e. The zero-order chi connectivity index (χ0) is 6.85. The third-order valence-corrected chi connectivity index (χ3v) is 0.681. The van der Waals surface area contributed by atoms with Crippen LogP contribution in [0.25, 0.3) is 0 Å². The molecular weight excluding hydrogens is 330 g/mol. The van der Waals surface area contributed by atoms with Crippen LogP contribution in [0.3, 0.4) is 0 Å². The van der Waals surface area contributed by atoms with Crippen LogP contribution in [0.15, 0.2) is 14.4 Å². The second-order valence-electron chi connectivity index (χ2n) is 1.36. The molecule has 0 atom stereocenters. The quantitative estimate of drug-likeness (QED) is 0.453.